The molecule has 3 aromatic carbocycles. The highest BCUT2D eigenvalue weighted by molar-refractivity contribution is 6.12. The molecule has 2 heterocycles. The number of fused-ring (bicyclic) bond motifs is 2. The molecule has 0 saturated heterocycles. The van der Waals surface area contributed by atoms with Crippen LogP contribution in [-0.4, -0.2) is 19.8 Å². The smallest absolute Gasteiger partial charge is 0.262 e. The second-order valence-electron chi connectivity index (χ2n) is 6.58. The monoisotopic (exact) mass is 374 g/mol. The Morgan fingerprint density at radius 3 is 2.75 bits per heavy atom. The van der Waals surface area contributed by atoms with Crippen molar-refractivity contribution in [3.8, 4) is 17.2 Å². The molecule has 140 valence electrons. The Morgan fingerprint density at radius 1 is 1.00 bits per heavy atom. The Morgan fingerprint density at radius 2 is 1.86 bits per heavy atom. The molecule has 1 amide bonds. The molecule has 2 aliphatic rings. The third-order valence-electron chi connectivity index (χ3n) is 4.97. The summed E-state index contributed by atoms with van der Waals surface area (Å²) in [5.41, 5.74) is 3.07. The summed E-state index contributed by atoms with van der Waals surface area (Å²) in [6.07, 6.45) is -0.391. The van der Waals surface area contributed by atoms with Crippen LogP contribution in [0.4, 0.5) is 11.4 Å². The molecule has 0 saturated carbocycles. The quantitative estimate of drug-likeness (QED) is 0.745. The van der Waals surface area contributed by atoms with Crippen LogP contribution in [0.3, 0.4) is 0 Å². The summed E-state index contributed by atoms with van der Waals surface area (Å²) in [6.45, 7) is 0.188. The summed E-state index contributed by atoms with van der Waals surface area (Å²) in [6, 6.07) is 20.8. The highest BCUT2D eigenvalue weighted by Gasteiger charge is 2.35. The van der Waals surface area contributed by atoms with E-state index in [1.807, 2.05) is 66.7 Å². The largest absolute Gasteiger partial charge is 0.497 e. The van der Waals surface area contributed by atoms with E-state index in [2.05, 4.69) is 5.32 Å². The molecule has 3 aromatic rings. The number of carbonyl (C=O) groups excluding carboxylic acids is 1. The Kier molecular flexibility index (Phi) is 3.83. The minimum Gasteiger partial charge on any atom is -0.497 e. The Balaban J connectivity index is 1.65. The third-order valence-corrected chi connectivity index (χ3v) is 4.97. The van der Waals surface area contributed by atoms with Gasteiger partial charge in [0.25, 0.3) is 5.91 Å². The van der Waals surface area contributed by atoms with Gasteiger partial charge in [-0.15, -0.1) is 0 Å². The molecule has 28 heavy (non-hydrogen) atoms. The minimum absolute atomic E-state index is 0.0824. The van der Waals surface area contributed by atoms with Crippen molar-refractivity contribution < 1.29 is 19.0 Å². The van der Waals surface area contributed by atoms with Gasteiger partial charge in [-0.2, -0.15) is 0 Å². The van der Waals surface area contributed by atoms with Gasteiger partial charge in [-0.1, -0.05) is 24.3 Å². The number of nitrogens with zero attached hydrogens (tertiary/aromatic N) is 1. The molecular formula is C22H18N2O4. The molecule has 1 N–H and O–H groups in total. The van der Waals surface area contributed by atoms with E-state index in [1.54, 1.807) is 12.0 Å². The van der Waals surface area contributed by atoms with E-state index >= 15 is 0 Å². The summed E-state index contributed by atoms with van der Waals surface area (Å²) in [7, 11) is 1.63. The lowest BCUT2D eigenvalue weighted by Gasteiger charge is -2.38. The van der Waals surface area contributed by atoms with Gasteiger partial charge in [0.2, 0.25) is 6.79 Å². The predicted octanol–water partition coefficient (Wildman–Crippen LogP) is 4.20. The fourth-order valence-corrected chi connectivity index (χ4v) is 3.60. The predicted molar refractivity (Wildman–Crippen MR) is 105 cm³/mol. The molecule has 0 radical (unpaired) electrons. The van der Waals surface area contributed by atoms with Crippen molar-refractivity contribution in [2.45, 2.75) is 6.17 Å². The molecule has 0 aliphatic carbocycles. The average molecular weight is 374 g/mol. The highest BCUT2D eigenvalue weighted by atomic mass is 16.7. The number of hydrogen-bond acceptors (Lipinski definition) is 5. The molecule has 0 spiro atoms. The maximum Gasteiger partial charge on any atom is 0.262 e. The molecule has 2 aliphatic heterocycles. The van der Waals surface area contributed by atoms with Gasteiger partial charge in [0.1, 0.15) is 11.9 Å². The first kappa shape index (κ1) is 16.5. The van der Waals surface area contributed by atoms with Gasteiger partial charge in [-0.25, -0.2) is 0 Å². The van der Waals surface area contributed by atoms with Crippen LogP contribution >= 0.6 is 0 Å². The number of amides is 1. The molecule has 6 heteroatoms. The lowest BCUT2D eigenvalue weighted by molar-refractivity contribution is 0.0975. The summed E-state index contributed by atoms with van der Waals surface area (Å²) in [5.74, 6) is 1.96. The number of nitrogens with one attached hydrogen (secondary N) is 1. The van der Waals surface area contributed by atoms with Crippen molar-refractivity contribution in [3.05, 3.63) is 77.9 Å². The van der Waals surface area contributed by atoms with Crippen LogP contribution < -0.4 is 24.4 Å². The molecule has 0 unspecified atom stereocenters. The molecule has 1 atom stereocenters. The van der Waals surface area contributed by atoms with Crippen LogP contribution in [0.15, 0.2) is 66.7 Å². The number of rotatable bonds is 3. The van der Waals surface area contributed by atoms with Crippen LogP contribution in [0.5, 0.6) is 17.2 Å². The summed E-state index contributed by atoms with van der Waals surface area (Å²) >= 11 is 0. The van der Waals surface area contributed by atoms with Gasteiger partial charge in [-0.05, 0) is 42.0 Å². The van der Waals surface area contributed by atoms with Crippen LogP contribution in [0, 0.1) is 0 Å². The van der Waals surface area contributed by atoms with Gasteiger partial charge in [0.15, 0.2) is 11.5 Å². The van der Waals surface area contributed by atoms with Crippen LogP contribution in [-0.2, 0) is 0 Å². The maximum atomic E-state index is 13.4. The zero-order valence-electron chi connectivity index (χ0n) is 15.2. The summed E-state index contributed by atoms with van der Waals surface area (Å²) in [5, 5.41) is 3.49. The van der Waals surface area contributed by atoms with E-state index in [9.17, 15) is 4.79 Å². The van der Waals surface area contributed by atoms with Crippen molar-refractivity contribution >= 4 is 17.3 Å². The number of benzene rings is 3. The number of carbonyl (C=O) groups is 1. The van der Waals surface area contributed by atoms with Gasteiger partial charge in [-0.3, -0.25) is 9.69 Å². The summed E-state index contributed by atoms with van der Waals surface area (Å²) < 4.78 is 16.3. The number of para-hydroxylation sites is 1. The molecule has 6 nitrogen and oxygen atoms in total. The van der Waals surface area contributed by atoms with Gasteiger partial charge in [0, 0.05) is 11.8 Å². The minimum atomic E-state index is -0.391. The van der Waals surface area contributed by atoms with Crippen molar-refractivity contribution in [2.75, 3.05) is 24.1 Å². The first-order valence-electron chi connectivity index (χ1n) is 8.97. The number of hydrogen-bond donors (Lipinski definition) is 1. The Bertz CT molecular complexity index is 1070. The number of anilines is 2. The first-order valence-corrected chi connectivity index (χ1v) is 8.97. The molecule has 0 fully saturated rings. The van der Waals surface area contributed by atoms with Gasteiger partial charge < -0.3 is 19.5 Å². The lowest BCUT2D eigenvalue weighted by atomic mass is 10.0. The summed E-state index contributed by atoms with van der Waals surface area (Å²) in [4.78, 5) is 15.2. The van der Waals surface area contributed by atoms with E-state index in [4.69, 9.17) is 14.2 Å². The second-order valence-corrected chi connectivity index (χ2v) is 6.58. The van der Waals surface area contributed by atoms with E-state index in [-0.39, 0.29) is 12.7 Å². The van der Waals surface area contributed by atoms with Gasteiger partial charge in [0.05, 0.1) is 18.4 Å². The van der Waals surface area contributed by atoms with E-state index in [0.29, 0.717) is 17.1 Å². The fraction of sp³-hybridized carbons (Fsp3) is 0.136. The zero-order valence-corrected chi connectivity index (χ0v) is 15.2. The van der Waals surface area contributed by atoms with Crippen LogP contribution in [0.25, 0.3) is 0 Å². The first-order chi connectivity index (χ1) is 13.7. The van der Waals surface area contributed by atoms with Crippen molar-refractivity contribution in [2.24, 2.45) is 0 Å². The van der Waals surface area contributed by atoms with Crippen molar-refractivity contribution in [1.82, 2.24) is 0 Å². The standard InChI is InChI=1S/C22H18N2O4/c1-26-16-6-4-5-14(11-16)21-23-18-8-3-2-7-17(18)22(25)24(21)15-9-10-19-20(12-15)28-13-27-19/h2-12,21,23H,13H2,1H3/t21-/m1/s1. The highest BCUT2D eigenvalue weighted by Crippen LogP contribution is 2.41. The lowest BCUT2D eigenvalue weighted by Crippen LogP contribution is -2.43. The van der Waals surface area contributed by atoms with Gasteiger partial charge >= 0.3 is 0 Å². The van der Waals surface area contributed by atoms with Crippen molar-refractivity contribution in [3.63, 3.8) is 0 Å². The normalized spacial score (nSPS) is 17.1. The third kappa shape index (κ3) is 2.62. The van der Waals surface area contributed by atoms with Crippen LogP contribution in [0.2, 0.25) is 0 Å². The van der Waals surface area contributed by atoms with E-state index in [0.717, 1.165) is 22.7 Å². The molecule has 0 bridgehead atoms. The van der Waals surface area contributed by atoms with Crippen LogP contribution in [0.1, 0.15) is 22.1 Å². The Labute approximate surface area is 162 Å². The Hall–Kier alpha value is -3.67. The van der Waals surface area contributed by atoms with E-state index in [1.165, 1.54) is 0 Å². The fourth-order valence-electron chi connectivity index (χ4n) is 3.60. The molecule has 0 aromatic heterocycles. The molecule has 5 rings (SSSR count). The molecular weight excluding hydrogens is 356 g/mol. The maximum absolute atomic E-state index is 13.4. The van der Waals surface area contributed by atoms with E-state index < -0.39 is 6.17 Å². The number of methoxy groups -OCH3 is 1. The topological polar surface area (TPSA) is 60.0 Å². The zero-order chi connectivity index (χ0) is 19.1. The second kappa shape index (κ2) is 6.49. The van der Waals surface area contributed by atoms with Crippen molar-refractivity contribution in [1.29, 1.82) is 0 Å². The number of ether oxygens (including phenoxy) is 3. The average Bonchev–Trinajstić information content (AvgIpc) is 3.21. The SMILES string of the molecule is COc1cccc([C@@H]2Nc3ccccc3C(=O)N2c2ccc3c(c2)OCO3)c1.